The average molecular weight is 223 g/mol. The van der Waals surface area contributed by atoms with Crippen LogP contribution in [0.25, 0.3) is 0 Å². The molecule has 0 aliphatic carbocycles. The van der Waals surface area contributed by atoms with E-state index in [4.69, 9.17) is 0 Å². The minimum absolute atomic E-state index is 0.533. The Kier molecular flexibility index (Phi) is 4.54. The largest absolute Gasteiger partial charge is 0.319 e. The van der Waals surface area contributed by atoms with Gasteiger partial charge < -0.3 is 5.32 Å². The Morgan fingerprint density at radius 1 is 1.25 bits per heavy atom. The third kappa shape index (κ3) is 2.85. The first-order valence-corrected chi connectivity index (χ1v) is 6.15. The molecule has 0 aliphatic heterocycles. The van der Waals surface area contributed by atoms with Crippen LogP contribution in [0, 0.1) is 19.8 Å². The Morgan fingerprint density at radius 3 is 2.38 bits per heavy atom. The molecular formula is C13H25N3. The van der Waals surface area contributed by atoms with E-state index in [0.29, 0.717) is 11.8 Å². The molecule has 0 spiro atoms. The maximum absolute atomic E-state index is 4.64. The second-order valence-corrected chi connectivity index (χ2v) is 5.12. The van der Waals surface area contributed by atoms with Crippen LogP contribution in [0.5, 0.6) is 0 Å². The lowest BCUT2D eigenvalue weighted by Gasteiger charge is -2.12. The maximum Gasteiger partial charge on any atom is 0.0631 e. The summed E-state index contributed by atoms with van der Waals surface area (Å²) in [5.41, 5.74) is 3.92. The Bertz CT molecular complexity index is 339. The fraction of sp³-hybridized carbons (Fsp3) is 0.769. The molecule has 0 bridgehead atoms. The summed E-state index contributed by atoms with van der Waals surface area (Å²) in [6.45, 7) is 13.0. The van der Waals surface area contributed by atoms with Gasteiger partial charge in [0, 0.05) is 18.8 Å². The van der Waals surface area contributed by atoms with Crippen LogP contribution in [0.4, 0.5) is 0 Å². The Morgan fingerprint density at radius 2 is 1.88 bits per heavy atom. The summed E-state index contributed by atoms with van der Waals surface area (Å²) in [5.74, 6) is 1.18. The SMILES string of the molecule is CNCC(C)c1c(C)nn(CC(C)C)c1C. The van der Waals surface area contributed by atoms with Crippen LogP contribution in [0.3, 0.4) is 0 Å². The predicted molar refractivity (Wildman–Crippen MR) is 68.9 cm³/mol. The zero-order chi connectivity index (χ0) is 12.3. The molecule has 3 nitrogen and oxygen atoms in total. The van der Waals surface area contributed by atoms with Crippen LogP contribution in [-0.2, 0) is 6.54 Å². The van der Waals surface area contributed by atoms with E-state index in [1.165, 1.54) is 17.0 Å². The van der Waals surface area contributed by atoms with Crippen molar-refractivity contribution >= 4 is 0 Å². The number of hydrogen-bond donors (Lipinski definition) is 1. The van der Waals surface area contributed by atoms with Crippen LogP contribution >= 0.6 is 0 Å². The molecule has 1 aromatic heterocycles. The van der Waals surface area contributed by atoms with Gasteiger partial charge in [-0.15, -0.1) is 0 Å². The smallest absolute Gasteiger partial charge is 0.0631 e. The molecule has 0 radical (unpaired) electrons. The summed E-state index contributed by atoms with van der Waals surface area (Å²) in [6.07, 6.45) is 0. The summed E-state index contributed by atoms with van der Waals surface area (Å²) >= 11 is 0. The van der Waals surface area contributed by atoms with Gasteiger partial charge in [-0.2, -0.15) is 5.10 Å². The van der Waals surface area contributed by atoms with Crippen molar-refractivity contribution in [1.82, 2.24) is 15.1 Å². The first-order valence-electron chi connectivity index (χ1n) is 6.15. The van der Waals surface area contributed by atoms with Crippen LogP contribution in [-0.4, -0.2) is 23.4 Å². The summed E-state index contributed by atoms with van der Waals surface area (Å²) in [4.78, 5) is 0. The van der Waals surface area contributed by atoms with Gasteiger partial charge in [-0.1, -0.05) is 20.8 Å². The highest BCUT2D eigenvalue weighted by Crippen LogP contribution is 2.23. The molecule has 1 N–H and O–H groups in total. The lowest BCUT2D eigenvalue weighted by atomic mass is 9.99. The van der Waals surface area contributed by atoms with Crippen LogP contribution in [0.15, 0.2) is 0 Å². The number of rotatable bonds is 5. The number of likely N-dealkylation sites (N-methyl/N-ethyl adjacent to an activating group) is 1. The molecule has 3 heteroatoms. The number of nitrogens with one attached hydrogen (secondary N) is 1. The predicted octanol–water partition coefficient (Wildman–Crippen LogP) is 2.48. The van der Waals surface area contributed by atoms with Gasteiger partial charge in [0.15, 0.2) is 0 Å². The van der Waals surface area contributed by atoms with E-state index in [1.54, 1.807) is 0 Å². The number of hydrogen-bond acceptors (Lipinski definition) is 2. The van der Waals surface area contributed by atoms with Gasteiger partial charge in [0.05, 0.1) is 5.69 Å². The minimum Gasteiger partial charge on any atom is -0.319 e. The van der Waals surface area contributed by atoms with E-state index in [2.05, 4.69) is 49.7 Å². The van der Waals surface area contributed by atoms with Gasteiger partial charge in [0.25, 0.3) is 0 Å². The first-order chi connectivity index (χ1) is 7.47. The zero-order valence-corrected chi connectivity index (χ0v) is 11.5. The second kappa shape index (κ2) is 5.48. The fourth-order valence-electron chi connectivity index (χ4n) is 2.36. The molecule has 1 atom stereocenters. The van der Waals surface area contributed by atoms with E-state index >= 15 is 0 Å². The highest BCUT2D eigenvalue weighted by atomic mass is 15.3. The van der Waals surface area contributed by atoms with Gasteiger partial charge in [-0.05, 0) is 38.3 Å². The standard InChI is InChI=1S/C13H25N3/c1-9(2)8-16-12(5)13(11(4)15-16)10(3)7-14-6/h9-10,14H,7-8H2,1-6H3. The summed E-state index contributed by atoms with van der Waals surface area (Å²) in [5, 5.41) is 7.88. The monoisotopic (exact) mass is 223 g/mol. The molecule has 1 heterocycles. The van der Waals surface area contributed by atoms with Crippen LogP contribution in [0.2, 0.25) is 0 Å². The van der Waals surface area contributed by atoms with Crippen LogP contribution < -0.4 is 5.32 Å². The molecule has 92 valence electrons. The Balaban J connectivity index is 2.97. The molecule has 0 fully saturated rings. The number of nitrogens with zero attached hydrogens (tertiary/aromatic N) is 2. The molecule has 0 amide bonds. The zero-order valence-electron chi connectivity index (χ0n) is 11.5. The van der Waals surface area contributed by atoms with Gasteiger partial charge in [-0.25, -0.2) is 0 Å². The topological polar surface area (TPSA) is 29.9 Å². The molecule has 1 aromatic rings. The van der Waals surface area contributed by atoms with Crippen LogP contribution in [0.1, 0.15) is 43.6 Å². The van der Waals surface area contributed by atoms with Crippen molar-refractivity contribution in [3.8, 4) is 0 Å². The molecule has 0 saturated heterocycles. The Hall–Kier alpha value is -0.830. The van der Waals surface area contributed by atoms with Crippen molar-refractivity contribution in [1.29, 1.82) is 0 Å². The van der Waals surface area contributed by atoms with Crippen molar-refractivity contribution in [2.24, 2.45) is 5.92 Å². The van der Waals surface area contributed by atoms with E-state index in [-0.39, 0.29) is 0 Å². The van der Waals surface area contributed by atoms with Crippen molar-refractivity contribution in [3.05, 3.63) is 17.0 Å². The highest BCUT2D eigenvalue weighted by molar-refractivity contribution is 5.28. The minimum atomic E-state index is 0.533. The second-order valence-electron chi connectivity index (χ2n) is 5.12. The van der Waals surface area contributed by atoms with Crippen molar-refractivity contribution in [2.75, 3.05) is 13.6 Å². The first kappa shape index (κ1) is 13.2. The van der Waals surface area contributed by atoms with E-state index in [0.717, 1.165) is 13.1 Å². The van der Waals surface area contributed by atoms with Gasteiger partial charge in [0.1, 0.15) is 0 Å². The molecule has 0 saturated carbocycles. The lowest BCUT2D eigenvalue weighted by Crippen LogP contribution is -2.16. The van der Waals surface area contributed by atoms with E-state index < -0.39 is 0 Å². The van der Waals surface area contributed by atoms with Gasteiger partial charge in [0.2, 0.25) is 0 Å². The third-order valence-electron chi connectivity index (χ3n) is 2.98. The van der Waals surface area contributed by atoms with Gasteiger partial charge >= 0.3 is 0 Å². The van der Waals surface area contributed by atoms with Crippen molar-refractivity contribution in [3.63, 3.8) is 0 Å². The molecule has 0 aliphatic rings. The molecular weight excluding hydrogens is 198 g/mol. The Labute approximate surface area is 99.2 Å². The van der Waals surface area contributed by atoms with Crippen molar-refractivity contribution in [2.45, 2.75) is 47.1 Å². The number of aromatic nitrogens is 2. The number of aryl methyl sites for hydroxylation is 1. The summed E-state index contributed by atoms with van der Waals surface area (Å²) < 4.78 is 2.15. The molecule has 1 rings (SSSR count). The lowest BCUT2D eigenvalue weighted by molar-refractivity contribution is 0.472. The fourth-order valence-corrected chi connectivity index (χ4v) is 2.36. The highest BCUT2D eigenvalue weighted by Gasteiger charge is 2.17. The molecule has 16 heavy (non-hydrogen) atoms. The molecule has 1 unspecified atom stereocenters. The van der Waals surface area contributed by atoms with Crippen molar-refractivity contribution < 1.29 is 0 Å². The molecule has 0 aromatic carbocycles. The third-order valence-corrected chi connectivity index (χ3v) is 2.98. The normalized spacial score (nSPS) is 13.4. The maximum atomic E-state index is 4.64. The summed E-state index contributed by atoms with van der Waals surface area (Å²) in [7, 11) is 2.00. The van der Waals surface area contributed by atoms with E-state index in [1.807, 2.05) is 7.05 Å². The van der Waals surface area contributed by atoms with Gasteiger partial charge in [-0.3, -0.25) is 4.68 Å². The summed E-state index contributed by atoms with van der Waals surface area (Å²) in [6, 6.07) is 0. The quantitative estimate of drug-likeness (QED) is 0.831. The average Bonchev–Trinajstić information content (AvgIpc) is 2.41. The van der Waals surface area contributed by atoms with E-state index in [9.17, 15) is 0 Å².